The van der Waals surface area contributed by atoms with Gasteiger partial charge in [-0.05, 0) is 59.5 Å². The van der Waals surface area contributed by atoms with E-state index in [1.54, 1.807) is 11.4 Å². The minimum Gasteiger partial charge on any atom is -0.281 e. The van der Waals surface area contributed by atoms with E-state index in [9.17, 15) is 0 Å². The predicted molar refractivity (Wildman–Crippen MR) is 201 cm³/mol. The molecule has 4 fully saturated rings. The van der Waals surface area contributed by atoms with Crippen LogP contribution in [0.15, 0.2) is 24.3 Å². The van der Waals surface area contributed by atoms with E-state index < -0.39 is 0 Å². The lowest BCUT2D eigenvalue weighted by Gasteiger charge is -2.39. The zero-order chi connectivity index (χ0) is 33.4. The van der Waals surface area contributed by atoms with Gasteiger partial charge in [-0.3, -0.25) is 8.80 Å². The highest BCUT2D eigenvalue weighted by Crippen LogP contribution is 2.52. The summed E-state index contributed by atoms with van der Waals surface area (Å²) < 4.78 is 5.42. The van der Waals surface area contributed by atoms with E-state index in [0.29, 0.717) is 71.0 Å². The molecule has 1 aromatic carbocycles. The van der Waals surface area contributed by atoms with Crippen LogP contribution in [0.3, 0.4) is 0 Å². The molecule has 0 spiro atoms. The van der Waals surface area contributed by atoms with Gasteiger partial charge in [-0.1, -0.05) is 145 Å². The van der Waals surface area contributed by atoms with Gasteiger partial charge >= 0.3 is 0 Å². The van der Waals surface area contributed by atoms with Crippen molar-refractivity contribution in [2.45, 2.75) is 156 Å². The Labute approximate surface area is 290 Å². The maximum atomic E-state index is 6.05. The first-order chi connectivity index (χ1) is 23.2. The fraction of sp³-hybridized carbons (Fsp3) is 0.727. The highest BCUT2D eigenvalue weighted by atomic mass is 15.2. The molecule has 4 aliphatic carbocycles. The van der Waals surface area contributed by atoms with E-state index in [1.165, 1.54) is 111 Å². The van der Waals surface area contributed by atoms with Gasteiger partial charge in [0.15, 0.2) is 0 Å². The van der Waals surface area contributed by atoms with Gasteiger partial charge in [0.1, 0.15) is 5.65 Å². The van der Waals surface area contributed by atoms with Gasteiger partial charge in [0.05, 0.1) is 28.3 Å². The molecule has 0 saturated heterocycles. The van der Waals surface area contributed by atoms with Crippen molar-refractivity contribution in [2.24, 2.45) is 47.3 Å². The summed E-state index contributed by atoms with van der Waals surface area (Å²) in [6.07, 6.45) is 16.0. The Hall–Kier alpha value is -2.36. The van der Waals surface area contributed by atoms with Crippen molar-refractivity contribution >= 4 is 22.3 Å². The van der Waals surface area contributed by atoms with Crippen LogP contribution in [0.4, 0.5) is 0 Å². The lowest BCUT2D eigenvalue weighted by Crippen LogP contribution is -2.29. The summed E-state index contributed by atoms with van der Waals surface area (Å²) in [4.78, 5) is 11.9. The molecule has 4 aromatic rings. The van der Waals surface area contributed by atoms with Crippen molar-refractivity contribution in [1.29, 1.82) is 0 Å². The second-order valence-electron chi connectivity index (χ2n) is 18.2. The van der Waals surface area contributed by atoms with Crippen LogP contribution in [0, 0.1) is 47.3 Å². The standard InChI is InChI=1S/C44H64N4/c1-25-15-11-16-26(2)35(25)39-42(38-31(7)21-14-22-32(38)8)48-43(45-39)33-23-9-10-24-34(33)47-41(37-29(5)19-13-20-30(37)6)40(46-44(47)48)36-27(3)17-12-18-28(36)4/h9-10,23-32,35-38H,11-22H2,1-8H3. The van der Waals surface area contributed by atoms with Crippen molar-refractivity contribution < 1.29 is 0 Å². The zero-order valence-corrected chi connectivity index (χ0v) is 31.5. The Morgan fingerprint density at radius 1 is 0.458 bits per heavy atom. The Bertz CT molecular complexity index is 1740. The molecular formula is C44H64N4. The van der Waals surface area contributed by atoms with Crippen LogP contribution in [-0.2, 0) is 0 Å². The SMILES string of the molecule is CC1CCCC(C)C1c1nc2n(c1C1C(C)CCCC1C)c1ccccc1c1nc(C3C(C)CCCC3C)c(C3C(C)CCCC3C)n12. The largest absolute Gasteiger partial charge is 0.281 e. The van der Waals surface area contributed by atoms with E-state index in [0.717, 1.165) is 0 Å². The summed E-state index contributed by atoms with van der Waals surface area (Å²) >= 11 is 0. The quantitative estimate of drug-likeness (QED) is 0.221. The summed E-state index contributed by atoms with van der Waals surface area (Å²) in [5.74, 6) is 8.52. The number of nitrogens with zero attached hydrogens (tertiary/aromatic N) is 4. The molecule has 3 aromatic heterocycles. The highest BCUT2D eigenvalue weighted by molar-refractivity contribution is 5.94. The van der Waals surface area contributed by atoms with Gasteiger partial charge in [0.2, 0.25) is 5.78 Å². The van der Waals surface area contributed by atoms with Gasteiger partial charge in [0, 0.05) is 29.1 Å². The fourth-order valence-electron chi connectivity index (χ4n) is 12.5. The molecule has 0 amide bonds. The van der Waals surface area contributed by atoms with Gasteiger partial charge in [-0.15, -0.1) is 0 Å². The molecular weight excluding hydrogens is 585 g/mol. The second-order valence-corrected chi connectivity index (χ2v) is 18.2. The number of hydrogen-bond acceptors (Lipinski definition) is 2. The fourth-order valence-corrected chi connectivity index (χ4v) is 12.5. The molecule has 8 atom stereocenters. The number of benzene rings is 1. The van der Waals surface area contributed by atoms with Crippen molar-refractivity contribution in [3.05, 3.63) is 47.0 Å². The Morgan fingerprint density at radius 2 is 0.833 bits per heavy atom. The second kappa shape index (κ2) is 12.8. The van der Waals surface area contributed by atoms with Crippen LogP contribution < -0.4 is 0 Å². The van der Waals surface area contributed by atoms with Crippen LogP contribution in [0.25, 0.3) is 22.3 Å². The summed E-state index contributed by atoms with van der Waals surface area (Å²) in [5.41, 5.74) is 8.50. The van der Waals surface area contributed by atoms with E-state index in [-0.39, 0.29) is 0 Å². The zero-order valence-electron chi connectivity index (χ0n) is 31.5. The summed E-state index contributed by atoms with van der Waals surface area (Å²) in [6, 6.07) is 9.31. The highest BCUT2D eigenvalue weighted by Gasteiger charge is 2.43. The predicted octanol–water partition coefficient (Wildman–Crippen LogP) is 12.3. The first-order valence-electron chi connectivity index (χ1n) is 20.5. The number of aromatic nitrogens is 4. The van der Waals surface area contributed by atoms with E-state index >= 15 is 0 Å². The maximum Gasteiger partial charge on any atom is 0.221 e. The molecule has 0 aliphatic heterocycles. The minimum atomic E-state index is 0.513. The molecule has 0 bridgehead atoms. The molecule has 8 rings (SSSR count). The van der Waals surface area contributed by atoms with Crippen molar-refractivity contribution in [3.8, 4) is 0 Å². The van der Waals surface area contributed by atoms with Gasteiger partial charge in [-0.25, -0.2) is 9.97 Å². The molecule has 3 heterocycles. The summed E-state index contributed by atoms with van der Waals surface area (Å²) in [5, 5.41) is 1.32. The van der Waals surface area contributed by atoms with E-state index in [4.69, 9.17) is 9.97 Å². The van der Waals surface area contributed by atoms with Crippen LogP contribution >= 0.6 is 0 Å². The summed E-state index contributed by atoms with van der Waals surface area (Å²) in [7, 11) is 0. The molecule has 4 heteroatoms. The van der Waals surface area contributed by atoms with Crippen molar-refractivity contribution in [1.82, 2.24) is 18.8 Å². The maximum absolute atomic E-state index is 6.05. The van der Waals surface area contributed by atoms with Crippen LogP contribution in [0.2, 0.25) is 0 Å². The van der Waals surface area contributed by atoms with Crippen LogP contribution in [-0.4, -0.2) is 18.8 Å². The lowest BCUT2D eigenvalue weighted by molar-refractivity contribution is 0.223. The molecule has 4 saturated carbocycles. The molecule has 48 heavy (non-hydrogen) atoms. The Morgan fingerprint density at radius 3 is 1.29 bits per heavy atom. The smallest absolute Gasteiger partial charge is 0.221 e. The number of imidazole rings is 2. The minimum absolute atomic E-state index is 0.513. The first kappa shape index (κ1) is 32.8. The van der Waals surface area contributed by atoms with E-state index in [1.807, 2.05) is 0 Å². The Balaban J connectivity index is 1.53. The third kappa shape index (κ3) is 5.11. The molecule has 0 N–H and O–H groups in total. The Kier molecular flexibility index (Phi) is 8.72. The number of fused-ring (bicyclic) bond motifs is 6. The van der Waals surface area contributed by atoms with Gasteiger partial charge in [0.25, 0.3) is 0 Å². The van der Waals surface area contributed by atoms with Crippen molar-refractivity contribution in [2.75, 3.05) is 0 Å². The van der Waals surface area contributed by atoms with Crippen molar-refractivity contribution in [3.63, 3.8) is 0 Å². The number of rotatable bonds is 4. The topological polar surface area (TPSA) is 34.6 Å². The van der Waals surface area contributed by atoms with Crippen LogP contribution in [0.5, 0.6) is 0 Å². The number of hydrogen-bond donors (Lipinski definition) is 0. The summed E-state index contributed by atoms with van der Waals surface area (Å²) in [6.45, 7) is 20.3. The monoisotopic (exact) mass is 649 g/mol. The van der Waals surface area contributed by atoms with Gasteiger partial charge in [-0.2, -0.15) is 0 Å². The lowest BCUT2D eigenvalue weighted by atomic mass is 9.67. The van der Waals surface area contributed by atoms with E-state index in [2.05, 4.69) is 88.5 Å². The van der Waals surface area contributed by atoms with Crippen LogP contribution in [0.1, 0.15) is 179 Å². The third-order valence-corrected chi connectivity index (χ3v) is 14.9. The normalized spacial score (nSPS) is 38.2. The molecule has 4 aliphatic rings. The molecule has 4 nitrogen and oxygen atoms in total. The molecule has 0 radical (unpaired) electrons. The molecule has 260 valence electrons. The first-order valence-corrected chi connectivity index (χ1v) is 20.5. The number of para-hydroxylation sites is 1. The molecule has 8 unspecified atom stereocenters. The third-order valence-electron chi connectivity index (χ3n) is 14.9. The average Bonchev–Trinajstić information content (AvgIpc) is 3.61. The average molecular weight is 649 g/mol. The van der Waals surface area contributed by atoms with Gasteiger partial charge < -0.3 is 0 Å².